The molecule has 1 atom stereocenters. The summed E-state index contributed by atoms with van der Waals surface area (Å²) in [6.45, 7) is 0. The Morgan fingerprint density at radius 2 is 2.20 bits per heavy atom. The van der Waals surface area contributed by atoms with Crippen molar-refractivity contribution < 1.29 is 17.9 Å². The van der Waals surface area contributed by atoms with Crippen molar-refractivity contribution in [2.24, 2.45) is 0 Å². The minimum absolute atomic E-state index is 0.0309. The molecule has 1 saturated heterocycles. The van der Waals surface area contributed by atoms with Crippen LogP contribution in [0.4, 0.5) is 5.69 Å². The van der Waals surface area contributed by atoms with E-state index in [1.807, 2.05) is 12.1 Å². The molecule has 20 heavy (non-hydrogen) atoms. The smallest absolute Gasteiger partial charge is 0.234 e. The number of carbonyl (C=O) groups excluding carboxylic acids is 1. The lowest BCUT2D eigenvalue weighted by atomic mass is 10.3. The van der Waals surface area contributed by atoms with Crippen LogP contribution in [0.1, 0.15) is 6.42 Å². The van der Waals surface area contributed by atoms with Gasteiger partial charge in [-0.3, -0.25) is 4.79 Å². The number of hydrogen-bond donors (Lipinski definition) is 1. The zero-order chi connectivity index (χ0) is 14.6. The number of sulfone groups is 1. The fraction of sp³-hybridized carbons (Fsp3) is 0.462. The Labute approximate surface area is 123 Å². The second kappa shape index (κ2) is 6.49. The summed E-state index contributed by atoms with van der Waals surface area (Å²) in [7, 11) is -1.34. The van der Waals surface area contributed by atoms with E-state index in [9.17, 15) is 13.2 Å². The topological polar surface area (TPSA) is 72.5 Å². The summed E-state index contributed by atoms with van der Waals surface area (Å²) < 4.78 is 27.8. The minimum atomic E-state index is -2.89. The summed E-state index contributed by atoms with van der Waals surface area (Å²) in [5.41, 5.74) is 0.625. The lowest BCUT2D eigenvalue weighted by Crippen LogP contribution is -2.17. The number of thioether (sulfide) groups is 1. The minimum Gasteiger partial charge on any atom is -0.495 e. The average molecular weight is 315 g/mol. The first kappa shape index (κ1) is 15.2. The Balaban J connectivity index is 1.84. The number of benzene rings is 1. The normalized spacial score (nSPS) is 20.6. The molecule has 1 amide bonds. The first-order valence-electron chi connectivity index (χ1n) is 6.25. The zero-order valence-electron chi connectivity index (χ0n) is 11.2. The number of para-hydroxylation sites is 2. The van der Waals surface area contributed by atoms with Crippen LogP contribution < -0.4 is 10.1 Å². The molecule has 0 bridgehead atoms. The van der Waals surface area contributed by atoms with Crippen molar-refractivity contribution in [3.8, 4) is 5.75 Å². The summed E-state index contributed by atoms with van der Waals surface area (Å²) >= 11 is 1.40. The summed E-state index contributed by atoms with van der Waals surface area (Å²) in [6, 6.07) is 7.18. The molecular formula is C13H17NO4S2. The Morgan fingerprint density at radius 3 is 2.85 bits per heavy atom. The molecule has 110 valence electrons. The fourth-order valence-corrected chi connectivity index (χ4v) is 5.46. The Morgan fingerprint density at radius 1 is 1.45 bits per heavy atom. The second-order valence-corrected chi connectivity index (χ2v) is 8.10. The van der Waals surface area contributed by atoms with Gasteiger partial charge in [-0.05, 0) is 18.6 Å². The molecule has 7 heteroatoms. The molecule has 5 nitrogen and oxygen atoms in total. The molecule has 1 aliphatic heterocycles. The number of rotatable bonds is 5. The average Bonchev–Trinajstić information content (AvgIpc) is 2.77. The van der Waals surface area contributed by atoms with E-state index < -0.39 is 9.84 Å². The van der Waals surface area contributed by atoms with Crippen LogP contribution in [0, 0.1) is 0 Å². The van der Waals surface area contributed by atoms with E-state index in [2.05, 4.69) is 5.32 Å². The standard InChI is InChI=1S/C13H17NO4S2/c1-18-12-5-3-2-4-11(12)14-13(15)8-19-10-6-7-20(16,17)9-10/h2-5,10H,6-9H2,1H3,(H,14,15)/t10-/m1/s1. The van der Waals surface area contributed by atoms with Gasteiger partial charge in [-0.2, -0.15) is 0 Å². The highest BCUT2D eigenvalue weighted by Gasteiger charge is 2.28. The van der Waals surface area contributed by atoms with Crippen LogP contribution >= 0.6 is 11.8 Å². The molecule has 2 rings (SSSR count). The van der Waals surface area contributed by atoms with Gasteiger partial charge in [0.15, 0.2) is 9.84 Å². The predicted molar refractivity (Wildman–Crippen MR) is 81.1 cm³/mol. The van der Waals surface area contributed by atoms with Crippen molar-refractivity contribution in [1.82, 2.24) is 0 Å². The zero-order valence-corrected chi connectivity index (χ0v) is 12.8. The molecule has 1 fully saturated rings. The largest absolute Gasteiger partial charge is 0.495 e. The molecule has 0 saturated carbocycles. The maximum absolute atomic E-state index is 11.9. The van der Waals surface area contributed by atoms with Crippen LogP contribution in [-0.4, -0.2) is 43.9 Å². The van der Waals surface area contributed by atoms with Crippen molar-refractivity contribution >= 4 is 33.2 Å². The van der Waals surface area contributed by atoms with Gasteiger partial charge in [-0.25, -0.2) is 8.42 Å². The molecule has 0 aromatic heterocycles. The van der Waals surface area contributed by atoms with Crippen molar-refractivity contribution in [2.45, 2.75) is 11.7 Å². The van der Waals surface area contributed by atoms with Crippen LogP contribution in [-0.2, 0) is 14.6 Å². The quantitative estimate of drug-likeness (QED) is 0.892. The van der Waals surface area contributed by atoms with Gasteiger partial charge in [0.2, 0.25) is 5.91 Å². The number of ether oxygens (including phenoxy) is 1. The summed E-state index contributed by atoms with van der Waals surface area (Å²) in [4.78, 5) is 11.9. The monoisotopic (exact) mass is 315 g/mol. The molecule has 1 aliphatic rings. The third kappa shape index (κ3) is 4.14. The van der Waals surface area contributed by atoms with E-state index in [1.165, 1.54) is 11.8 Å². The predicted octanol–water partition coefficient (Wildman–Crippen LogP) is 1.55. The molecule has 0 spiro atoms. The Bertz CT molecular complexity index is 586. The van der Waals surface area contributed by atoms with Crippen molar-refractivity contribution in [3.63, 3.8) is 0 Å². The lowest BCUT2D eigenvalue weighted by molar-refractivity contribution is -0.113. The first-order chi connectivity index (χ1) is 9.50. The third-order valence-corrected chi connectivity index (χ3v) is 6.30. The van der Waals surface area contributed by atoms with Gasteiger partial charge >= 0.3 is 0 Å². The van der Waals surface area contributed by atoms with Gasteiger partial charge in [-0.15, -0.1) is 11.8 Å². The highest BCUT2D eigenvalue weighted by Crippen LogP contribution is 2.26. The van der Waals surface area contributed by atoms with Gasteiger partial charge in [0.1, 0.15) is 5.75 Å². The number of carbonyl (C=O) groups is 1. The van der Waals surface area contributed by atoms with Gasteiger partial charge in [0.05, 0.1) is 30.1 Å². The highest BCUT2D eigenvalue weighted by atomic mass is 32.2. The van der Waals surface area contributed by atoms with E-state index in [0.29, 0.717) is 17.9 Å². The van der Waals surface area contributed by atoms with E-state index in [1.54, 1.807) is 19.2 Å². The van der Waals surface area contributed by atoms with Crippen molar-refractivity contribution in [3.05, 3.63) is 24.3 Å². The highest BCUT2D eigenvalue weighted by molar-refractivity contribution is 8.02. The number of hydrogen-bond acceptors (Lipinski definition) is 5. The van der Waals surface area contributed by atoms with Crippen LogP contribution in [0.15, 0.2) is 24.3 Å². The van der Waals surface area contributed by atoms with Crippen LogP contribution in [0.3, 0.4) is 0 Å². The molecule has 0 radical (unpaired) electrons. The summed E-state index contributed by atoms with van der Waals surface area (Å²) in [5.74, 6) is 1.12. The number of methoxy groups -OCH3 is 1. The van der Waals surface area contributed by atoms with Crippen LogP contribution in [0.5, 0.6) is 5.75 Å². The third-order valence-electron chi connectivity index (χ3n) is 3.02. The Hall–Kier alpha value is -1.21. The van der Waals surface area contributed by atoms with Crippen LogP contribution in [0.25, 0.3) is 0 Å². The molecule has 0 aliphatic carbocycles. The lowest BCUT2D eigenvalue weighted by Gasteiger charge is -2.11. The number of amides is 1. The maximum Gasteiger partial charge on any atom is 0.234 e. The second-order valence-electron chi connectivity index (χ2n) is 4.58. The molecule has 1 N–H and O–H groups in total. The van der Waals surface area contributed by atoms with E-state index in [4.69, 9.17) is 4.74 Å². The fourth-order valence-electron chi connectivity index (χ4n) is 2.02. The van der Waals surface area contributed by atoms with Gasteiger partial charge in [0.25, 0.3) is 0 Å². The van der Waals surface area contributed by atoms with E-state index >= 15 is 0 Å². The van der Waals surface area contributed by atoms with E-state index in [0.717, 1.165) is 0 Å². The SMILES string of the molecule is COc1ccccc1NC(=O)CS[C@@H]1CCS(=O)(=O)C1. The molecule has 1 heterocycles. The molecular weight excluding hydrogens is 298 g/mol. The molecule has 1 aromatic rings. The van der Waals surface area contributed by atoms with Crippen molar-refractivity contribution in [1.29, 1.82) is 0 Å². The summed E-state index contributed by atoms with van der Waals surface area (Å²) in [6.07, 6.45) is 0.634. The van der Waals surface area contributed by atoms with Gasteiger partial charge < -0.3 is 10.1 Å². The van der Waals surface area contributed by atoms with Gasteiger partial charge in [0, 0.05) is 5.25 Å². The van der Waals surface area contributed by atoms with Crippen LogP contribution in [0.2, 0.25) is 0 Å². The Kier molecular flexibility index (Phi) is 4.93. The number of nitrogens with one attached hydrogen (secondary N) is 1. The van der Waals surface area contributed by atoms with Gasteiger partial charge in [-0.1, -0.05) is 12.1 Å². The first-order valence-corrected chi connectivity index (χ1v) is 9.12. The maximum atomic E-state index is 11.9. The molecule has 0 unspecified atom stereocenters. The molecule has 1 aromatic carbocycles. The van der Waals surface area contributed by atoms with Crippen molar-refractivity contribution in [2.75, 3.05) is 29.7 Å². The number of anilines is 1. The summed E-state index contributed by atoms with van der Waals surface area (Å²) in [5, 5.41) is 2.80. The van der Waals surface area contributed by atoms with E-state index in [-0.39, 0.29) is 28.4 Å².